The highest BCUT2D eigenvalue weighted by atomic mass is 16.5. The van der Waals surface area contributed by atoms with Crippen LogP contribution in [0, 0.1) is 6.92 Å². The molecule has 1 unspecified atom stereocenters. The molecule has 2 rings (SSSR count). The Labute approximate surface area is 126 Å². The van der Waals surface area contributed by atoms with Crippen LogP contribution in [0.1, 0.15) is 18.1 Å². The van der Waals surface area contributed by atoms with Crippen LogP contribution in [0.4, 0.5) is 0 Å². The molecule has 21 heavy (non-hydrogen) atoms. The molecule has 5 nitrogen and oxygen atoms in total. The van der Waals surface area contributed by atoms with Crippen LogP contribution in [0.25, 0.3) is 0 Å². The van der Waals surface area contributed by atoms with E-state index in [0.29, 0.717) is 26.3 Å². The number of aryl methyl sites for hydroxylation is 1. The third-order valence-corrected chi connectivity index (χ3v) is 3.56. The number of carbonyl (C=O) groups excluding carboxylic acids is 1. The summed E-state index contributed by atoms with van der Waals surface area (Å²) in [6.07, 6.45) is -0.485. The van der Waals surface area contributed by atoms with Crippen LogP contribution < -0.4 is 10.1 Å². The van der Waals surface area contributed by atoms with E-state index in [1.54, 1.807) is 11.8 Å². The first kappa shape index (κ1) is 15.8. The van der Waals surface area contributed by atoms with Crippen molar-refractivity contribution in [2.45, 2.75) is 26.5 Å². The second-order valence-electron chi connectivity index (χ2n) is 5.34. The minimum absolute atomic E-state index is 0.0225. The van der Waals surface area contributed by atoms with Crippen molar-refractivity contribution in [1.29, 1.82) is 0 Å². The SMILES string of the molecule is CNCc1cc(C)ccc1OC(C)C(=O)N1CCOCC1. The second kappa shape index (κ2) is 7.43. The summed E-state index contributed by atoms with van der Waals surface area (Å²) in [5.41, 5.74) is 2.25. The van der Waals surface area contributed by atoms with E-state index in [9.17, 15) is 4.79 Å². The Kier molecular flexibility index (Phi) is 5.59. The molecule has 1 aromatic rings. The molecule has 1 N–H and O–H groups in total. The topological polar surface area (TPSA) is 50.8 Å². The van der Waals surface area contributed by atoms with Crippen molar-refractivity contribution in [2.75, 3.05) is 33.4 Å². The van der Waals surface area contributed by atoms with Crippen molar-refractivity contribution >= 4 is 5.91 Å². The number of amides is 1. The first-order valence-corrected chi connectivity index (χ1v) is 7.39. The predicted molar refractivity (Wildman–Crippen MR) is 81.4 cm³/mol. The molecule has 5 heteroatoms. The smallest absolute Gasteiger partial charge is 0.263 e. The van der Waals surface area contributed by atoms with Crippen LogP contribution in [0.5, 0.6) is 5.75 Å². The Bertz CT molecular complexity index is 484. The standard InChI is InChI=1S/C16H24N2O3/c1-12-4-5-15(14(10-12)11-17-3)21-13(2)16(19)18-6-8-20-9-7-18/h4-5,10,13,17H,6-9,11H2,1-3H3. The Balaban J connectivity index is 2.04. The molecule has 0 aromatic heterocycles. The molecule has 1 atom stereocenters. The van der Waals surface area contributed by atoms with Gasteiger partial charge >= 0.3 is 0 Å². The highest BCUT2D eigenvalue weighted by Crippen LogP contribution is 2.21. The van der Waals surface area contributed by atoms with Gasteiger partial charge in [-0.2, -0.15) is 0 Å². The van der Waals surface area contributed by atoms with Gasteiger partial charge in [-0.05, 0) is 27.0 Å². The first-order valence-electron chi connectivity index (χ1n) is 7.39. The second-order valence-corrected chi connectivity index (χ2v) is 5.34. The van der Waals surface area contributed by atoms with E-state index in [0.717, 1.165) is 17.9 Å². The molecule has 0 aliphatic carbocycles. The lowest BCUT2D eigenvalue weighted by Crippen LogP contribution is -2.46. The van der Waals surface area contributed by atoms with Gasteiger partial charge in [0.15, 0.2) is 6.10 Å². The molecule has 1 aliphatic heterocycles. The number of carbonyl (C=O) groups is 1. The summed E-state index contributed by atoms with van der Waals surface area (Å²) < 4.78 is 11.2. The summed E-state index contributed by atoms with van der Waals surface area (Å²) in [5, 5.41) is 3.13. The lowest BCUT2D eigenvalue weighted by atomic mass is 10.1. The zero-order valence-electron chi connectivity index (χ0n) is 13.0. The van der Waals surface area contributed by atoms with Crippen molar-refractivity contribution in [3.05, 3.63) is 29.3 Å². The van der Waals surface area contributed by atoms with E-state index in [1.165, 1.54) is 5.56 Å². The third kappa shape index (κ3) is 4.19. The first-order chi connectivity index (χ1) is 10.1. The van der Waals surface area contributed by atoms with Gasteiger partial charge in [0.1, 0.15) is 5.75 Å². The molecular formula is C16H24N2O3. The molecular weight excluding hydrogens is 268 g/mol. The van der Waals surface area contributed by atoms with Crippen LogP contribution >= 0.6 is 0 Å². The molecule has 1 aromatic carbocycles. The van der Waals surface area contributed by atoms with Gasteiger partial charge in [0.05, 0.1) is 13.2 Å². The zero-order chi connectivity index (χ0) is 15.2. The number of morpholine rings is 1. The average Bonchev–Trinajstić information content (AvgIpc) is 2.50. The van der Waals surface area contributed by atoms with Crippen LogP contribution in [0.15, 0.2) is 18.2 Å². The maximum Gasteiger partial charge on any atom is 0.263 e. The summed E-state index contributed by atoms with van der Waals surface area (Å²) in [7, 11) is 1.90. The Morgan fingerprint density at radius 2 is 2.14 bits per heavy atom. The fourth-order valence-electron chi connectivity index (χ4n) is 2.43. The quantitative estimate of drug-likeness (QED) is 0.890. The third-order valence-electron chi connectivity index (χ3n) is 3.56. The number of rotatable bonds is 5. The van der Waals surface area contributed by atoms with Gasteiger partial charge in [-0.1, -0.05) is 17.7 Å². The lowest BCUT2D eigenvalue weighted by Gasteiger charge is -2.29. The number of hydrogen-bond donors (Lipinski definition) is 1. The van der Waals surface area contributed by atoms with Gasteiger partial charge in [-0.25, -0.2) is 0 Å². The Hall–Kier alpha value is -1.59. The van der Waals surface area contributed by atoms with Gasteiger partial charge in [0.25, 0.3) is 5.91 Å². The molecule has 116 valence electrons. The average molecular weight is 292 g/mol. The van der Waals surface area contributed by atoms with Crippen LogP contribution in [-0.4, -0.2) is 50.3 Å². The van der Waals surface area contributed by atoms with E-state index in [1.807, 2.05) is 26.1 Å². The van der Waals surface area contributed by atoms with E-state index >= 15 is 0 Å². The molecule has 1 heterocycles. The normalized spacial score (nSPS) is 16.6. The van der Waals surface area contributed by atoms with Crippen molar-refractivity contribution in [3.63, 3.8) is 0 Å². The summed E-state index contributed by atoms with van der Waals surface area (Å²) in [4.78, 5) is 14.2. The fraction of sp³-hybridized carbons (Fsp3) is 0.562. The Morgan fingerprint density at radius 1 is 1.43 bits per heavy atom. The van der Waals surface area contributed by atoms with Gasteiger partial charge in [0, 0.05) is 25.2 Å². The number of benzene rings is 1. The van der Waals surface area contributed by atoms with E-state index in [-0.39, 0.29) is 5.91 Å². The minimum Gasteiger partial charge on any atom is -0.481 e. The van der Waals surface area contributed by atoms with Gasteiger partial charge in [-0.15, -0.1) is 0 Å². The summed E-state index contributed by atoms with van der Waals surface area (Å²) in [6, 6.07) is 6.02. The monoisotopic (exact) mass is 292 g/mol. The van der Waals surface area contributed by atoms with Gasteiger partial charge in [-0.3, -0.25) is 4.79 Å². The zero-order valence-corrected chi connectivity index (χ0v) is 13.0. The predicted octanol–water partition coefficient (Wildman–Crippen LogP) is 1.34. The highest BCUT2D eigenvalue weighted by Gasteiger charge is 2.24. The summed E-state index contributed by atoms with van der Waals surface area (Å²) >= 11 is 0. The molecule has 1 saturated heterocycles. The maximum atomic E-state index is 12.4. The van der Waals surface area contributed by atoms with Gasteiger partial charge < -0.3 is 19.7 Å². The maximum absolute atomic E-state index is 12.4. The van der Waals surface area contributed by atoms with Crippen molar-refractivity contribution in [1.82, 2.24) is 10.2 Å². The highest BCUT2D eigenvalue weighted by molar-refractivity contribution is 5.81. The molecule has 0 radical (unpaired) electrons. The van der Waals surface area contributed by atoms with Gasteiger partial charge in [0.2, 0.25) is 0 Å². The van der Waals surface area contributed by atoms with Crippen LogP contribution in [-0.2, 0) is 16.1 Å². The largest absolute Gasteiger partial charge is 0.481 e. The number of nitrogens with zero attached hydrogens (tertiary/aromatic N) is 1. The van der Waals surface area contributed by atoms with E-state index in [4.69, 9.17) is 9.47 Å². The van der Waals surface area contributed by atoms with Crippen LogP contribution in [0.3, 0.4) is 0 Å². The van der Waals surface area contributed by atoms with E-state index < -0.39 is 6.10 Å². The summed E-state index contributed by atoms with van der Waals surface area (Å²) in [5.74, 6) is 0.790. The molecule has 1 fully saturated rings. The number of nitrogens with one attached hydrogen (secondary N) is 1. The molecule has 1 aliphatic rings. The molecule has 1 amide bonds. The lowest BCUT2D eigenvalue weighted by molar-refractivity contribution is -0.142. The minimum atomic E-state index is -0.485. The van der Waals surface area contributed by atoms with E-state index in [2.05, 4.69) is 11.4 Å². The molecule has 0 bridgehead atoms. The van der Waals surface area contributed by atoms with Crippen molar-refractivity contribution in [3.8, 4) is 5.75 Å². The Morgan fingerprint density at radius 3 is 2.81 bits per heavy atom. The van der Waals surface area contributed by atoms with Crippen molar-refractivity contribution in [2.24, 2.45) is 0 Å². The number of hydrogen-bond acceptors (Lipinski definition) is 4. The van der Waals surface area contributed by atoms with Crippen LogP contribution in [0.2, 0.25) is 0 Å². The molecule has 0 saturated carbocycles. The van der Waals surface area contributed by atoms with Crippen molar-refractivity contribution < 1.29 is 14.3 Å². The summed E-state index contributed by atoms with van der Waals surface area (Å²) in [6.45, 7) is 7.07. The number of ether oxygens (including phenoxy) is 2. The molecule has 0 spiro atoms. The fourth-order valence-corrected chi connectivity index (χ4v) is 2.43.